The number of benzene rings is 1. The van der Waals surface area contributed by atoms with Gasteiger partial charge in [-0.05, 0) is 37.8 Å². The van der Waals surface area contributed by atoms with E-state index in [-0.39, 0.29) is 47.8 Å². The first-order valence-electron chi connectivity index (χ1n) is 9.15. The van der Waals surface area contributed by atoms with Crippen LogP contribution in [0.25, 0.3) is 0 Å². The molecule has 0 bridgehead atoms. The standard InChI is InChI=1S/C18H26FN3O3S.ClH/c19-15-5-1-2-6-16(15)26(24,25)22-11-7-14(8-12-22)17(23)21-18(13-20)9-3-4-10-18;/h1-2,5-6,14H,3-4,7-13,20H2,(H,21,23);1H. The summed E-state index contributed by atoms with van der Waals surface area (Å²) in [7, 11) is -3.87. The van der Waals surface area contributed by atoms with Crippen molar-refractivity contribution in [2.75, 3.05) is 19.6 Å². The van der Waals surface area contributed by atoms with Crippen molar-refractivity contribution in [3.63, 3.8) is 0 Å². The number of carbonyl (C=O) groups is 1. The van der Waals surface area contributed by atoms with Crippen LogP contribution in [0.4, 0.5) is 4.39 Å². The van der Waals surface area contributed by atoms with Crippen molar-refractivity contribution in [1.82, 2.24) is 9.62 Å². The molecule has 1 saturated carbocycles. The first-order chi connectivity index (χ1) is 12.4. The monoisotopic (exact) mass is 419 g/mol. The van der Waals surface area contributed by atoms with Crippen molar-refractivity contribution in [3.05, 3.63) is 30.1 Å². The summed E-state index contributed by atoms with van der Waals surface area (Å²) in [5, 5.41) is 3.11. The molecule has 1 saturated heterocycles. The SMILES string of the molecule is Cl.NCC1(NC(=O)C2CCN(S(=O)(=O)c3ccccc3F)CC2)CCCC1. The number of hydrogen-bond donors (Lipinski definition) is 2. The number of rotatable bonds is 5. The summed E-state index contributed by atoms with van der Waals surface area (Å²) in [5.41, 5.74) is 5.57. The molecular weight excluding hydrogens is 393 g/mol. The van der Waals surface area contributed by atoms with Crippen LogP contribution in [-0.4, -0.2) is 43.8 Å². The maximum atomic E-state index is 13.9. The molecule has 9 heteroatoms. The average Bonchev–Trinajstić information content (AvgIpc) is 3.11. The zero-order valence-corrected chi connectivity index (χ0v) is 16.8. The zero-order chi connectivity index (χ0) is 18.8. The Balaban J connectivity index is 0.00000261. The number of nitrogens with zero attached hydrogens (tertiary/aromatic N) is 1. The largest absolute Gasteiger partial charge is 0.349 e. The van der Waals surface area contributed by atoms with Crippen molar-refractivity contribution in [2.45, 2.75) is 49.0 Å². The molecule has 0 spiro atoms. The summed E-state index contributed by atoms with van der Waals surface area (Å²) >= 11 is 0. The van der Waals surface area contributed by atoms with Gasteiger partial charge in [-0.2, -0.15) is 4.31 Å². The Morgan fingerprint density at radius 2 is 1.81 bits per heavy atom. The molecule has 0 aromatic heterocycles. The molecule has 0 unspecified atom stereocenters. The van der Waals surface area contributed by atoms with Crippen LogP contribution in [0.2, 0.25) is 0 Å². The molecule has 6 nitrogen and oxygen atoms in total. The van der Waals surface area contributed by atoms with Gasteiger partial charge in [0.2, 0.25) is 15.9 Å². The molecular formula is C18H27ClFN3O3S. The van der Waals surface area contributed by atoms with Crippen LogP contribution in [0.3, 0.4) is 0 Å². The van der Waals surface area contributed by atoms with E-state index in [4.69, 9.17) is 5.73 Å². The number of carbonyl (C=O) groups excluding carboxylic acids is 1. The molecule has 1 heterocycles. The summed E-state index contributed by atoms with van der Waals surface area (Å²) in [6, 6.07) is 5.38. The molecule has 3 N–H and O–H groups in total. The van der Waals surface area contributed by atoms with Gasteiger partial charge in [-0.1, -0.05) is 25.0 Å². The maximum Gasteiger partial charge on any atom is 0.245 e. The van der Waals surface area contributed by atoms with Crippen molar-refractivity contribution in [2.24, 2.45) is 11.7 Å². The normalized spacial score (nSPS) is 20.8. The first kappa shape index (κ1) is 22.1. The predicted molar refractivity (Wildman–Crippen MR) is 104 cm³/mol. The number of nitrogens with one attached hydrogen (secondary N) is 1. The van der Waals surface area contributed by atoms with Gasteiger partial charge in [-0.3, -0.25) is 4.79 Å². The van der Waals surface area contributed by atoms with Crippen LogP contribution in [-0.2, 0) is 14.8 Å². The Kier molecular flexibility index (Phi) is 7.24. The minimum absolute atomic E-state index is 0. The van der Waals surface area contributed by atoms with E-state index < -0.39 is 15.8 Å². The van der Waals surface area contributed by atoms with Crippen LogP contribution >= 0.6 is 12.4 Å². The second-order valence-corrected chi connectivity index (χ2v) is 9.20. The van der Waals surface area contributed by atoms with Crippen LogP contribution in [0.15, 0.2) is 29.2 Å². The van der Waals surface area contributed by atoms with Gasteiger partial charge in [0, 0.05) is 25.6 Å². The summed E-state index contributed by atoms with van der Waals surface area (Å²) in [4.78, 5) is 12.3. The summed E-state index contributed by atoms with van der Waals surface area (Å²) in [5.74, 6) is -1.02. The van der Waals surface area contributed by atoms with E-state index in [9.17, 15) is 17.6 Å². The molecule has 152 valence electrons. The number of sulfonamides is 1. The molecule has 3 rings (SSSR count). The molecule has 0 atom stereocenters. The van der Waals surface area contributed by atoms with E-state index in [1.54, 1.807) is 0 Å². The fourth-order valence-electron chi connectivity index (χ4n) is 3.95. The van der Waals surface area contributed by atoms with Crippen molar-refractivity contribution in [3.8, 4) is 0 Å². The Hall–Kier alpha value is -1.22. The Morgan fingerprint density at radius 3 is 2.37 bits per heavy atom. The highest BCUT2D eigenvalue weighted by molar-refractivity contribution is 7.89. The summed E-state index contributed by atoms with van der Waals surface area (Å²) in [6.45, 7) is 0.855. The van der Waals surface area contributed by atoms with Gasteiger partial charge < -0.3 is 11.1 Å². The van der Waals surface area contributed by atoms with E-state index in [2.05, 4.69) is 5.32 Å². The third-order valence-corrected chi connectivity index (χ3v) is 7.55. The van der Waals surface area contributed by atoms with E-state index in [0.29, 0.717) is 19.4 Å². The highest BCUT2D eigenvalue weighted by Gasteiger charge is 2.38. The molecule has 2 aliphatic rings. The van der Waals surface area contributed by atoms with Gasteiger partial charge in [0.1, 0.15) is 10.7 Å². The van der Waals surface area contributed by atoms with Crippen molar-refractivity contribution < 1.29 is 17.6 Å². The maximum absolute atomic E-state index is 13.9. The van der Waals surface area contributed by atoms with Crippen molar-refractivity contribution >= 4 is 28.3 Å². The number of hydrogen-bond acceptors (Lipinski definition) is 4. The number of piperidine rings is 1. The molecule has 0 radical (unpaired) electrons. The van der Waals surface area contributed by atoms with Gasteiger partial charge in [0.15, 0.2) is 0 Å². The fourth-order valence-corrected chi connectivity index (χ4v) is 5.48. The smallest absolute Gasteiger partial charge is 0.245 e. The quantitative estimate of drug-likeness (QED) is 0.763. The van der Waals surface area contributed by atoms with Crippen LogP contribution < -0.4 is 11.1 Å². The summed E-state index contributed by atoms with van der Waals surface area (Å²) < 4.78 is 40.4. The number of nitrogens with two attached hydrogens (primary N) is 1. The highest BCUT2D eigenvalue weighted by Crippen LogP contribution is 2.30. The Morgan fingerprint density at radius 1 is 1.22 bits per heavy atom. The molecule has 27 heavy (non-hydrogen) atoms. The topological polar surface area (TPSA) is 92.5 Å². The lowest BCUT2D eigenvalue weighted by atomic mass is 9.93. The molecule has 1 aliphatic carbocycles. The average molecular weight is 420 g/mol. The van der Waals surface area contributed by atoms with E-state index >= 15 is 0 Å². The van der Waals surface area contributed by atoms with Crippen LogP contribution in [0, 0.1) is 11.7 Å². The highest BCUT2D eigenvalue weighted by atomic mass is 35.5. The lowest BCUT2D eigenvalue weighted by molar-refractivity contribution is -0.128. The molecule has 1 amide bonds. The second kappa shape index (κ2) is 8.86. The molecule has 1 aliphatic heterocycles. The Bertz CT molecular complexity index is 761. The van der Waals surface area contributed by atoms with Gasteiger partial charge in [0.25, 0.3) is 0 Å². The van der Waals surface area contributed by atoms with Crippen LogP contribution in [0.5, 0.6) is 0 Å². The van der Waals surface area contributed by atoms with Gasteiger partial charge >= 0.3 is 0 Å². The fraction of sp³-hybridized carbons (Fsp3) is 0.611. The number of halogens is 2. The van der Waals surface area contributed by atoms with E-state index in [0.717, 1.165) is 31.7 Å². The lowest BCUT2D eigenvalue weighted by Crippen LogP contribution is -2.54. The van der Waals surface area contributed by atoms with Gasteiger partial charge in [-0.15, -0.1) is 12.4 Å². The summed E-state index contributed by atoms with van der Waals surface area (Å²) in [6.07, 6.45) is 4.79. The molecule has 1 aromatic carbocycles. The Labute approximate surface area is 166 Å². The minimum Gasteiger partial charge on any atom is -0.349 e. The third kappa shape index (κ3) is 4.62. The second-order valence-electron chi connectivity index (χ2n) is 7.29. The van der Waals surface area contributed by atoms with E-state index in [1.165, 1.54) is 22.5 Å². The molecule has 1 aromatic rings. The first-order valence-corrected chi connectivity index (χ1v) is 10.6. The zero-order valence-electron chi connectivity index (χ0n) is 15.2. The van der Waals surface area contributed by atoms with Gasteiger partial charge in [-0.25, -0.2) is 12.8 Å². The minimum atomic E-state index is -3.87. The van der Waals surface area contributed by atoms with Crippen LogP contribution in [0.1, 0.15) is 38.5 Å². The third-order valence-electron chi connectivity index (χ3n) is 5.62. The number of amides is 1. The van der Waals surface area contributed by atoms with Crippen molar-refractivity contribution in [1.29, 1.82) is 0 Å². The lowest BCUT2D eigenvalue weighted by Gasteiger charge is -2.34. The van der Waals surface area contributed by atoms with Gasteiger partial charge in [0.05, 0.1) is 5.54 Å². The van der Waals surface area contributed by atoms with E-state index in [1.807, 2.05) is 0 Å². The predicted octanol–water partition coefficient (Wildman–Crippen LogP) is 2.04. The molecule has 2 fully saturated rings.